The summed E-state index contributed by atoms with van der Waals surface area (Å²) in [4.78, 5) is 1.72. The number of rotatable bonds is 3. The molecule has 0 bridgehead atoms. The van der Waals surface area contributed by atoms with E-state index in [9.17, 15) is 0 Å². The van der Waals surface area contributed by atoms with Crippen molar-refractivity contribution in [3.8, 4) is 0 Å². The lowest BCUT2D eigenvalue weighted by Crippen LogP contribution is -2.39. The van der Waals surface area contributed by atoms with Gasteiger partial charge in [-0.15, -0.1) is 5.73 Å². The van der Waals surface area contributed by atoms with Gasteiger partial charge in [0.1, 0.15) is 0 Å². The predicted molar refractivity (Wildman–Crippen MR) is 86.3 cm³/mol. The largest absolute Gasteiger partial charge is 0.136 e. The Bertz CT molecular complexity index is 297. The smallest absolute Gasteiger partial charge is 0.0819 e. The Labute approximate surface area is 106 Å². The van der Waals surface area contributed by atoms with Gasteiger partial charge in [0.15, 0.2) is 0 Å². The molecule has 0 heterocycles. The fourth-order valence-electron chi connectivity index (χ4n) is 1.88. The normalized spacial score (nSPS) is 13.4. The van der Waals surface area contributed by atoms with Gasteiger partial charge in [-0.05, 0) is 12.1 Å². The van der Waals surface area contributed by atoms with Crippen LogP contribution in [0.4, 0.5) is 0 Å². The molecule has 0 unspecified atom stereocenters. The molecule has 94 valence electrons. The number of hydrogen-bond donors (Lipinski definition) is 0. The maximum absolute atomic E-state index is 3.86. The van der Waals surface area contributed by atoms with Crippen molar-refractivity contribution < 1.29 is 0 Å². The second kappa shape index (κ2) is 4.81. The van der Waals surface area contributed by atoms with Gasteiger partial charge in [-0.3, -0.25) is 0 Å². The van der Waals surface area contributed by atoms with E-state index >= 15 is 0 Å². The molecule has 3 heteroatoms. The van der Waals surface area contributed by atoms with Crippen molar-refractivity contribution in [3.63, 3.8) is 0 Å². The summed E-state index contributed by atoms with van der Waals surface area (Å²) in [5.41, 5.74) is 3.86. The van der Waals surface area contributed by atoms with Crippen LogP contribution in [0.1, 0.15) is 6.92 Å². The fourth-order valence-corrected chi connectivity index (χ4v) is 12.8. The highest BCUT2D eigenvalue weighted by atomic mass is 28.4. The van der Waals surface area contributed by atoms with E-state index < -0.39 is 24.2 Å². The first-order chi connectivity index (χ1) is 6.76. The van der Waals surface area contributed by atoms with Crippen LogP contribution in [0.25, 0.3) is 0 Å². The molecular weight excluding hydrogens is 240 g/mol. The molecule has 0 radical (unpaired) electrons. The molecule has 0 saturated heterocycles. The maximum atomic E-state index is 3.86. The van der Waals surface area contributed by atoms with Crippen LogP contribution in [0.3, 0.4) is 0 Å². The molecule has 16 heavy (non-hydrogen) atoms. The molecule has 0 rings (SSSR count). The van der Waals surface area contributed by atoms with E-state index in [0.717, 1.165) is 0 Å². The molecule has 0 aromatic rings. The van der Waals surface area contributed by atoms with Crippen LogP contribution in [-0.2, 0) is 0 Å². The first kappa shape index (κ1) is 16.2. The summed E-state index contributed by atoms with van der Waals surface area (Å²) in [6.07, 6.45) is 0. The van der Waals surface area contributed by atoms with E-state index in [1.54, 1.807) is 10.0 Å². The Morgan fingerprint density at radius 2 is 0.938 bits per heavy atom. The van der Waals surface area contributed by atoms with E-state index in [1.165, 1.54) is 0 Å². The molecule has 0 fully saturated rings. The van der Waals surface area contributed by atoms with Crippen LogP contribution >= 0.6 is 0 Å². The fraction of sp³-hybridized carbons (Fsp3) is 0.769. The molecule has 0 aromatic heterocycles. The van der Waals surface area contributed by atoms with Crippen LogP contribution in [0.15, 0.2) is 15.7 Å². The van der Waals surface area contributed by atoms with Gasteiger partial charge in [-0.25, -0.2) is 0 Å². The van der Waals surface area contributed by atoms with Gasteiger partial charge in [-0.1, -0.05) is 63.7 Å². The van der Waals surface area contributed by atoms with Crippen molar-refractivity contribution in [1.82, 2.24) is 0 Å². The minimum absolute atomic E-state index is 1.15. The maximum Gasteiger partial charge on any atom is 0.0819 e. The summed E-state index contributed by atoms with van der Waals surface area (Å²) in [5.74, 6) is 0. The molecule has 0 N–H and O–H groups in total. The average Bonchev–Trinajstić information content (AvgIpc) is 1.92. The molecule has 0 aliphatic carbocycles. The number of allylic oxidation sites excluding steroid dienone is 1. The van der Waals surface area contributed by atoms with E-state index in [2.05, 4.69) is 71.6 Å². The molecule has 0 aromatic carbocycles. The monoisotopic (exact) mass is 270 g/mol. The summed E-state index contributed by atoms with van der Waals surface area (Å²) in [6.45, 7) is 24.3. The molecule has 0 saturated carbocycles. The van der Waals surface area contributed by atoms with Crippen LogP contribution in [0.5, 0.6) is 0 Å². The van der Waals surface area contributed by atoms with Crippen LogP contribution in [0.2, 0.25) is 58.9 Å². The molecule has 0 amide bonds. The van der Waals surface area contributed by atoms with Gasteiger partial charge < -0.3 is 0 Å². The van der Waals surface area contributed by atoms with E-state index in [0.29, 0.717) is 0 Å². The van der Waals surface area contributed by atoms with Crippen molar-refractivity contribution in [2.75, 3.05) is 0 Å². The topological polar surface area (TPSA) is 0 Å². The Hall–Kier alpha value is 0.171. The molecule has 0 aliphatic heterocycles. The predicted octanol–water partition coefficient (Wildman–Crippen LogP) is 5.09. The molecule has 0 aliphatic rings. The summed E-state index contributed by atoms with van der Waals surface area (Å²) >= 11 is 0. The summed E-state index contributed by atoms with van der Waals surface area (Å²) < 4.78 is 0. The van der Waals surface area contributed by atoms with Gasteiger partial charge >= 0.3 is 0 Å². The SMILES string of the molecule is CC(=C=C([Si](C)(C)C)[Si](C)(C)C)[Si](C)(C)C. The molecule has 0 atom stereocenters. The minimum Gasteiger partial charge on any atom is -0.136 e. The zero-order valence-electron chi connectivity index (χ0n) is 13.0. The molecule has 0 spiro atoms. The Balaban J connectivity index is 5.84. The highest BCUT2D eigenvalue weighted by Gasteiger charge is 2.31. The zero-order valence-corrected chi connectivity index (χ0v) is 16.0. The third-order valence-corrected chi connectivity index (χ3v) is 13.1. The van der Waals surface area contributed by atoms with Crippen molar-refractivity contribution in [2.24, 2.45) is 0 Å². The second-order valence-electron chi connectivity index (χ2n) is 7.88. The van der Waals surface area contributed by atoms with Gasteiger partial charge in [0.25, 0.3) is 0 Å². The first-order valence-electron chi connectivity index (χ1n) is 6.25. The Morgan fingerprint density at radius 1 is 0.625 bits per heavy atom. The van der Waals surface area contributed by atoms with Crippen molar-refractivity contribution >= 4 is 24.2 Å². The Morgan fingerprint density at radius 3 is 1.12 bits per heavy atom. The highest BCUT2D eigenvalue weighted by molar-refractivity contribution is 7.04. The quantitative estimate of drug-likeness (QED) is 0.495. The standard InChI is InChI=1S/C13H30Si3/c1-12(14(2,3)4)11-13(15(5,6)7)16(8,9)10/h1-10H3. The molecular formula is C13H30Si3. The van der Waals surface area contributed by atoms with Crippen molar-refractivity contribution in [1.29, 1.82) is 0 Å². The third kappa shape index (κ3) is 5.00. The second-order valence-corrected chi connectivity index (χ2v) is 23.6. The van der Waals surface area contributed by atoms with Crippen molar-refractivity contribution in [3.05, 3.63) is 15.7 Å². The van der Waals surface area contributed by atoms with Gasteiger partial charge in [0.05, 0.1) is 24.2 Å². The van der Waals surface area contributed by atoms with Gasteiger partial charge in [-0.2, -0.15) is 0 Å². The lowest BCUT2D eigenvalue weighted by atomic mass is 10.7. The Kier molecular flexibility index (Phi) is 4.86. The summed E-state index contributed by atoms with van der Waals surface area (Å²) in [7, 11) is -3.54. The summed E-state index contributed by atoms with van der Waals surface area (Å²) in [5, 5.41) is 1.55. The lowest BCUT2D eigenvalue weighted by Gasteiger charge is -2.30. The lowest BCUT2D eigenvalue weighted by molar-refractivity contribution is 1.52. The van der Waals surface area contributed by atoms with Crippen LogP contribution in [0, 0.1) is 0 Å². The summed E-state index contributed by atoms with van der Waals surface area (Å²) in [6, 6.07) is 0. The van der Waals surface area contributed by atoms with Gasteiger partial charge in [0.2, 0.25) is 0 Å². The van der Waals surface area contributed by atoms with E-state index in [4.69, 9.17) is 0 Å². The number of hydrogen-bond acceptors (Lipinski definition) is 0. The van der Waals surface area contributed by atoms with Crippen molar-refractivity contribution in [2.45, 2.75) is 65.8 Å². The van der Waals surface area contributed by atoms with E-state index in [1.807, 2.05) is 0 Å². The third-order valence-electron chi connectivity index (χ3n) is 2.94. The first-order valence-corrected chi connectivity index (χ1v) is 16.8. The minimum atomic E-state index is -1.19. The average molecular weight is 271 g/mol. The highest BCUT2D eigenvalue weighted by Crippen LogP contribution is 2.26. The van der Waals surface area contributed by atoms with E-state index in [-0.39, 0.29) is 0 Å². The zero-order chi connectivity index (χ0) is 13.4. The molecule has 0 nitrogen and oxygen atoms in total. The van der Waals surface area contributed by atoms with Crippen LogP contribution in [-0.4, -0.2) is 24.2 Å². The van der Waals surface area contributed by atoms with Crippen LogP contribution < -0.4 is 0 Å². The van der Waals surface area contributed by atoms with Gasteiger partial charge in [0, 0.05) is 0 Å².